The van der Waals surface area contributed by atoms with Gasteiger partial charge in [-0.3, -0.25) is 4.79 Å². The lowest BCUT2D eigenvalue weighted by atomic mass is 10.0. The van der Waals surface area contributed by atoms with Gasteiger partial charge in [0, 0.05) is 32.4 Å². The van der Waals surface area contributed by atoms with Crippen LogP contribution in [0.1, 0.15) is 57.2 Å². The first-order valence-electron chi connectivity index (χ1n) is 12.4. The first-order chi connectivity index (χ1) is 16.6. The molecule has 9 nitrogen and oxygen atoms in total. The zero-order valence-electron chi connectivity index (χ0n) is 21.2. The lowest BCUT2D eigenvalue weighted by Gasteiger charge is -2.26. The number of carboxylic acid groups (broad SMARTS) is 1. The highest BCUT2D eigenvalue weighted by Crippen LogP contribution is 2.20. The molecule has 0 saturated heterocycles. The minimum atomic E-state index is -1.23. The van der Waals surface area contributed by atoms with E-state index in [1.54, 1.807) is 0 Å². The van der Waals surface area contributed by atoms with E-state index in [1.807, 2.05) is 4.90 Å². The summed E-state index contributed by atoms with van der Waals surface area (Å²) in [7, 11) is 1.44. The largest absolute Gasteiger partial charge is 0.480 e. The summed E-state index contributed by atoms with van der Waals surface area (Å²) in [6.45, 7) is 4.91. The number of methoxy groups -OCH3 is 1. The maximum Gasteiger partial charge on any atom is 0.326 e. The Morgan fingerprint density at radius 2 is 2.09 bits per heavy atom. The Hall–Kier alpha value is -2.30. The molecule has 0 aliphatic carbocycles. The Balaban J connectivity index is 1.87. The van der Waals surface area contributed by atoms with E-state index in [0.29, 0.717) is 13.1 Å². The number of nitrogens with zero attached hydrogens (tertiary/aromatic N) is 2. The summed E-state index contributed by atoms with van der Waals surface area (Å²) in [5.74, 6) is -0.720. The van der Waals surface area contributed by atoms with Crippen molar-refractivity contribution in [3.05, 3.63) is 23.4 Å². The molecule has 0 saturated carbocycles. The van der Waals surface area contributed by atoms with E-state index in [1.165, 1.54) is 26.5 Å². The number of pyridine rings is 1. The third-order valence-corrected chi connectivity index (χ3v) is 5.87. The Morgan fingerprint density at radius 1 is 1.31 bits per heavy atom. The lowest BCUT2D eigenvalue weighted by Crippen LogP contribution is -2.45. The van der Waals surface area contributed by atoms with E-state index < -0.39 is 29.7 Å². The van der Waals surface area contributed by atoms with Crippen molar-refractivity contribution < 1.29 is 28.9 Å². The quantitative estimate of drug-likeness (QED) is 0.257. The number of ether oxygens (including phenoxy) is 1. The van der Waals surface area contributed by atoms with Crippen molar-refractivity contribution in [2.45, 2.75) is 76.6 Å². The smallest absolute Gasteiger partial charge is 0.326 e. The second kappa shape index (κ2) is 14.3. The molecular weight excluding hydrogens is 455 g/mol. The van der Waals surface area contributed by atoms with Gasteiger partial charge >= 0.3 is 5.97 Å². The predicted octanol–water partition coefficient (Wildman–Crippen LogP) is 2.17. The predicted molar refractivity (Wildman–Crippen MR) is 132 cm³/mol. The number of nitrogens with one attached hydrogen (secondary N) is 2. The molecule has 1 aliphatic rings. The van der Waals surface area contributed by atoms with Gasteiger partial charge in [-0.25, -0.2) is 14.2 Å². The third-order valence-electron chi connectivity index (χ3n) is 5.87. The molecule has 2 heterocycles. The molecule has 10 heteroatoms. The van der Waals surface area contributed by atoms with Crippen LogP contribution in [0.3, 0.4) is 0 Å². The number of hydrogen-bond donors (Lipinski definition) is 4. The monoisotopic (exact) mass is 496 g/mol. The van der Waals surface area contributed by atoms with Gasteiger partial charge in [0.15, 0.2) is 0 Å². The number of aryl methyl sites for hydroxylation is 2. The van der Waals surface area contributed by atoms with Gasteiger partial charge in [-0.2, -0.15) is 0 Å². The maximum absolute atomic E-state index is 14.3. The summed E-state index contributed by atoms with van der Waals surface area (Å²) >= 11 is 0. The topological polar surface area (TPSA) is 124 Å². The number of carboxylic acids is 1. The van der Waals surface area contributed by atoms with Crippen LogP contribution >= 0.6 is 0 Å². The second-order valence-corrected chi connectivity index (χ2v) is 9.89. The van der Waals surface area contributed by atoms with Gasteiger partial charge in [0.25, 0.3) is 0 Å². The van der Waals surface area contributed by atoms with Gasteiger partial charge in [0.1, 0.15) is 18.0 Å². The highest BCUT2D eigenvalue weighted by atomic mass is 19.1. The van der Waals surface area contributed by atoms with Crippen molar-refractivity contribution >= 4 is 17.7 Å². The molecule has 1 amide bonds. The van der Waals surface area contributed by atoms with Crippen LogP contribution in [-0.2, 0) is 27.2 Å². The number of rotatable bonds is 16. The van der Waals surface area contributed by atoms with Crippen LogP contribution in [0.5, 0.6) is 0 Å². The van der Waals surface area contributed by atoms with Crippen LogP contribution in [0, 0.1) is 0 Å². The fraction of sp³-hybridized carbons (Fsp3) is 0.720. The number of carbonyl (C=O) groups excluding carboxylic acids is 1. The van der Waals surface area contributed by atoms with Crippen molar-refractivity contribution in [3.8, 4) is 0 Å². The van der Waals surface area contributed by atoms with Crippen molar-refractivity contribution in [2.24, 2.45) is 0 Å². The second-order valence-electron chi connectivity index (χ2n) is 9.89. The van der Waals surface area contributed by atoms with Crippen molar-refractivity contribution in [1.82, 2.24) is 15.2 Å². The number of fused-ring (bicyclic) bond motifs is 1. The number of aliphatic hydroxyl groups is 1. The molecule has 2 atom stereocenters. The summed E-state index contributed by atoms with van der Waals surface area (Å²) in [6.07, 6.45) is 3.38. The van der Waals surface area contributed by atoms with E-state index in [4.69, 9.17) is 9.72 Å². The molecular formula is C25H41FN4O5. The SMILES string of the molecule is COCC(F)CN(CCCCc1ccc2c(n1)NCCC2)CCC(NC(=O)CC(C)(C)O)C(=O)O. The lowest BCUT2D eigenvalue weighted by molar-refractivity contribution is -0.142. The van der Waals surface area contributed by atoms with E-state index in [2.05, 4.69) is 22.8 Å². The average molecular weight is 497 g/mol. The first kappa shape index (κ1) is 28.9. The molecule has 0 bridgehead atoms. The zero-order valence-corrected chi connectivity index (χ0v) is 21.2. The Bertz CT molecular complexity index is 818. The van der Waals surface area contributed by atoms with Crippen molar-refractivity contribution in [3.63, 3.8) is 0 Å². The third kappa shape index (κ3) is 11.3. The molecule has 0 spiro atoms. The molecule has 1 aliphatic heterocycles. The zero-order chi connectivity index (χ0) is 25.8. The van der Waals surface area contributed by atoms with E-state index in [0.717, 1.165) is 50.2 Å². The van der Waals surface area contributed by atoms with E-state index in [-0.39, 0.29) is 26.0 Å². The fourth-order valence-corrected chi connectivity index (χ4v) is 4.17. The fourth-order valence-electron chi connectivity index (χ4n) is 4.17. The van der Waals surface area contributed by atoms with Crippen LogP contribution in [0.25, 0.3) is 0 Å². The van der Waals surface area contributed by atoms with Gasteiger partial charge in [-0.05, 0) is 70.5 Å². The van der Waals surface area contributed by atoms with E-state index >= 15 is 0 Å². The number of unbranched alkanes of at least 4 members (excludes halogenated alkanes) is 1. The highest BCUT2D eigenvalue weighted by molar-refractivity contribution is 5.83. The number of carbonyl (C=O) groups is 2. The van der Waals surface area contributed by atoms with Crippen LogP contribution in [-0.4, -0.2) is 89.7 Å². The van der Waals surface area contributed by atoms with Crippen molar-refractivity contribution in [2.75, 3.05) is 45.2 Å². The summed E-state index contributed by atoms with van der Waals surface area (Å²) in [4.78, 5) is 30.3. The summed E-state index contributed by atoms with van der Waals surface area (Å²) in [5, 5.41) is 25.1. The molecule has 0 fully saturated rings. The number of halogens is 1. The van der Waals surface area contributed by atoms with Crippen LogP contribution in [0.2, 0.25) is 0 Å². The van der Waals surface area contributed by atoms with Gasteiger partial charge in [0.05, 0.1) is 18.6 Å². The summed E-state index contributed by atoms with van der Waals surface area (Å²) in [6, 6.07) is 3.08. The highest BCUT2D eigenvalue weighted by Gasteiger charge is 2.25. The minimum Gasteiger partial charge on any atom is -0.480 e. The van der Waals surface area contributed by atoms with Gasteiger partial charge in [0.2, 0.25) is 5.91 Å². The normalized spacial score (nSPS) is 15.3. The number of anilines is 1. The van der Waals surface area contributed by atoms with Crippen LogP contribution < -0.4 is 10.6 Å². The maximum atomic E-state index is 14.3. The minimum absolute atomic E-state index is 0.0345. The standard InChI is InChI=1S/C25H41FN4O5/c1-25(2,34)15-22(31)29-21(24(32)33)11-14-30(16-19(26)17-35-3)13-5-4-8-20-10-9-18-7-6-12-27-23(18)28-20/h9-10,19,21,34H,4-8,11-17H2,1-3H3,(H,27,28)(H,29,31)(H,32,33). The average Bonchev–Trinajstić information content (AvgIpc) is 2.77. The molecule has 35 heavy (non-hydrogen) atoms. The molecule has 0 radical (unpaired) electrons. The van der Waals surface area contributed by atoms with Crippen LogP contribution in [0.15, 0.2) is 12.1 Å². The van der Waals surface area contributed by atoms with Gasteiger partial charge in [-0.1, -0.05) is 6.07 Å². The Morgan fingerprint density at radius 3 is 2.77 bits per heavy atom. The van der Waals surface area contributed by atoms with Gasteiger partial charge in [-0.15, -0.1) is 0 Å². The van der Waals surface area contributed by atoms with Crippen LogP contribution in [0.4, 0.5) is 10.2 Å². The number of hydrogen-bond acceptors (Lipinski definition) is 7. The molecule has 2 unspecified atom stereocenters. The number of aliphatic carboxylic acids is 1. The Kier molecular flexibility index (Phi) is 11.8. The molecule has 1 aromatic heterocycles. The number of aromatic nitrogens is 1. The first-order valence-corrected chi connectivity index (χ1v) is 12.4. The van der Waals surface area contributed by atoms with E-state index in [9.17, 15) is 24.2 Å². The number of amides is 1. The molecule has 4 N–H and O–H groups in total. The van der Waals surface area contributed by atoms with Gasteiger partial charge < -0.3 is 30.5 Å². The molecule has 2 rings (SSSR count). The molecule has 1 aromatic rings. The summed E-state index contributed by atoms with van der Waals surface area (Å²) < 4.78 is 19.2. The number of alkyl halides is 1. The molecule has 0 aromatic carbocycles. The molecule has 198 valence electrons. The van der Waals surface area contributed by atoms with Crippen molar-refractivity contribution in [1.29, 1.82) is 0 Å². The summed E-state index contributed by atoms with van der Waals surface area (Å²) in [5.41, 5.74) is 1.04. The Labute approximate surface area is 207 Å².